The first-order chi connectivity index (χ1) is 21.2. The van der Waals surface area contributed by atoms with E-state index < -0.39 is 0 Å². The maximum Gasteiger partial charge on any atom is 0.0991 e. The molecule has 0 saturated carbocycles. The summed E-state index contributed by atoms with van der Waals surface area (Å²) in [5.74, 6) is 0. The summed E-state index contributed by atoms with van der Waals surface area (Å²) < 4.78 is 0. The van der Waals surface area contributed by atoms with E-state index in [9.17, 15) is 10.5 Å². The van der Waals surface area contributed by atoms with Crippen LogP contribution in [0.2, 0.25) is 0 Å². The van der Waals surface area contributed by atoms with Gasteiger partial charge in [0.2, 0.25) is 0 Å². The minimum Gasteiger partial charge on any atom is -0.310 e. The lowest BCUT2D eigenvalue weighted by Crippen LogP contribution is -2.40. The number of hydrogen-bond donors (Lipinski definition) is 0. The zero-order valence-electron chi connectivity index (χ0n) is 25.2. The molecule has 0 atom stereocenters. The van der Waals surface area contributed by atoms with Crippen LogP contribution in [0, 0.1) is 22.7 Å². The third kappa shape index (κ3) is 3.26. The topological polar surface area (TPSA) is 54.1 Å². The Balaban J connectivity index is 1.44. The number of nitrogens with zero attached hydrogens (tertiary/aromatic N) is 4. The zero-order chi connectivity index (χ0) is 30.5. The molecule has 44 heavy (non-hydrogen) atoms. The number of anilines is 6. The van der Waals surface area contributed by atoms with Gasteiger partial charge in [-0.3, -0.25) is 0 Å². The SMILES string of the molecule is C=C1c2cccc3c2N2c4c1cc(N(c1ccc(C#N)cc1)c1ccc(C#N)cc1)cc4C(C)(C)c1cccc(c12)C3(C)C. The van der Waals surface area contributed by atoms with Crippen molar-refractivity contribution in [2.75, 3.05) is 9.80 Å². The van der Waals surface area contributed by atoms with Gasteiger partial charge in [-0.1, -0.05) is 70.7 Å². The molecule has 0 aliphatic carbocycles. The van der Waals surface area contributed by atoms with Crippen LogP contribution < -0.4 is 9.80 Å². The number of nitriles is 2. The molecule has 0 N–H and O–H groups in total. The zero-order valence-corrected chi connectivity index (χ0v) is 25.2. The predicted octanol–water partition coefficient (Wildman–Crippen LogP) is 10.0. The van der Waals surface area contributed by atoms with E-state index in [4.69, 9.17) is 6.58 Å². The molecule has 3 aliphatic rings. The van der Waals surface area contributed by atoms with Gasteiger partial charge in [-0.25, -0.2) is 0 Å². The van der Waals surface area contributed by atoms with Gasteiger partial charge >= 0.3 is 0 Å². The second-order valence-electron chi connectivity index (χ2n) is 13.0. The minimum atomic E-state index is -0.289. The van der Waals surface area contributed by atoms with E-state index in [-0.39, 0.29) is 10.8 Å². The lowest BCUT2D eigenvalue weighted by atomic mass is 9.64. The van der Waals surface area contributed by atoms with Crippen molar-refractivity contribution in [3.8, 4) is 12.1 Å². The van der Waals surface area contributed by atoms with Gasteiger partial charge in [0.1, 0.15) is 0 Å². The number of benzene rings is 5. The second kappa shape index (κ2) is 8.73. The van der Waals surface area contributed by atoms with Crippen LogP contribution in [0.15, 0.2) is 104 Å². The van der Waals surface area contributed by atoms with Gasteiger partial charge in [0.05, 0.1) is 40.3 Å². The largest absolute Gasteiger partial charge is 0.310 e. The van der Waals surface area contributed by atoms with Gasteiger partial charge in [0, 0.05) is 39.0 Å². The Morgan fingerprint density at radius 1 is 0.568 bits per heavy atom. The normalized spacial score (nSPS) is 15.6. The van der Waals surface area contributed by atoms with Crippen molar-refractivity contribution in [1.82, 2.24) is 0 Å². The quantitative estimate of drug-likeness (QED) is 0.214. The molecule has 0 fully saturated rings. The standard InChI is InChI=1S/C40H30N4/c1-24-30-8-6-9-32-36(30)44-37-31(24)20-29(21-35(37)40(4,5)34-11-7-10-33(38(34)44)39(32,2)3)43(27-16-12-25(22-41)13-17-27)28-18-14-26(23-42)15-19-28/h6-21H,1H2,2-5H3. The maximum atomic E-state index is 9.49. The van der Waals surface area contributed by atoms with Gasteiger partial charge in [-0.05, 0) is 88.5 Å². The molecule has 0 saturated heterocycles. The third-order valence-corrected chi connectivity index (χ3v) is 9.95. The molecule has 210 valence electrons. The molecule has 0 amide bonds. The first-order valence-electron chi connectivity index (χ1n) is 14.9. The summed E-state index contributed by atoms with van der Waals surface area (Å²) in [6.07, 6.45) is 0. The van der Waals surface area contributed by atoms with Gasteiger partial charge in [0.25, 0.3) is 0 Å². The molecule has 4 nitrogen and oxygen atoms in total. The molecule has 0 bridgehead atoms. The van der Waals surface area contributed by atoms with E-state index in [2.05, 4.69) is 98.2 Å². The molecule has 0 radical (unpaired) electrons. The van der Waals surface area contributed by atoms with Crippen molar-refractivity contribution in [1.29, 1.82) is 10.5 Å². The fraction of sp³-hybridized carbons (Fsp3) is 0.150. The molecule has 5 aromatic carbocycles. The highest BCUT2D eigenvalue weighted by molar-refractivity contribution is 6.08. The van der Waals surface area contributed by atoms with Crippen LogP contribution in [0.4, 0.5) is 34.1 Å². The summed E-state index contributed by atoms with van der Waals surface area (Å²) in [4.78, 5) is 4.72. The minimum absolute atomic E-state index is 0.152. The van der Waals surface area contributed by atoms with Gasteiger partial charge < -0.3 is 9.80 Å². The highest BCUT2D eigenvalue weighted by atomic mass is 15.2. The fourth-order valence-electron chi connectivity index (χ4n) is 7.61. The van der Waals surface area contributed by atoms with E-state index in [0.717, 1.165) is 33.8 Å². The third-order valence-electron chi connectivity index (χ3n) is 9.95. The van der Waals surface area contributed by atoms with Crippen LogP contribution in [-0.2, 0) is 10.8 Å². The van der Waals surface area contributed by atoms with Crippen LogP contribution in [0.25, 0.3) is 5.57 Å². The molecule has 4 heteroatoms. The second-order valence-corrected chi connectivity index (χ2v) is 13.0. The summed E-state index contributed by atoms with van der Waals surface area (Å²) in [6.45, 7) is 14.1. The van der Waals surface area contributed by atoms with Gasteiger partial charge in [-0.2, -0.15) is 10.5 Å². The highest BCUT2D eigenvalue weighted by Crippen LogP contribution is 2.65. The Bertz CT molecular complexity index is 2090. The molecule has 0 unspecified atom stereocenters. The highest BCUT2D eigenvalue weighted by Gasteiger charge is 2.49. The number of para-hydroxylation sites is 2. The van der Waals surface area contributed by atoms with Gasteiger partial charge in [0.15, 0.2) is 0 Å². The van der Waals surface area contributed by atoms with E-state index in [1.165, 1.54) is 39.3 Å². The lowest BCUT2D eigenvalue weighted by Gasteiger charge is -2.52. The smallest absolute Gasteiger partial charge is 0.0991 e. The predicted molar refractivity (Wildman–Crippen MR) is 178 cm³/mol. The van der Waals surface area contributed by atoms with Crippen molar-refractivity contribution in [2.45, 2.75) is 38.5 Å². The monoisotopic (exact) mass is 566 g/mol. The van der Waals surface area contributed by atoms with Crippen molar-refractivity contribution in [3.63, 3.8) is 0 Å². The van der Waals surface area contributed by atoms with Crippen LogP contribution in [0.1, 0.15) is 72.2 Å². The molecule has 3 heterocycles. The van der Waals surface area contributed by atoms with Gasteiger partial charge in [-0.15, -0.1) is 0 Å². The Labute approximate surface area is 258 Å². The summed E-state index contributed by atoms with van der Waals surface area (Å²) >= 11 is 0. The number of hydrogen-bond acceptors (Lipinski definition) is 4. The van der Waals surface area contributed by atoms with E-state index in [1.807, 2.05) is 48.5 Å². The summed E-state index contributed by atoms with van der Waals surface area (Å²) in [5, 5.41) is 19.0. The first-order valence-corrected chi connectivity index (χ1v) is 14.9. The van der Waals surface area contributed by atoms with Crippen LogP contribution >= 0.6 is 0 Å². The fourth-order valence-corrected chi connectivity index (χ4v) is 7.61. The summed E-state index contributed by atoms with van der Waals surface area (Å²) in [5.41, 5.74) is 15.9. The average molecular weight is 567 g/mol. The molecule has 3 aliphatic heterocycles. The summed E-state index contributed by atoms with van der Waals surface area (Å²) in [7, 11) is 0. The first kappa shape index (κ1) is 26.1. The Morgan fingerprint density at radius 2 is 1.05 bits per heavy atom. The Hall–Kier alpha value is -5.58. The van der Waals surface area contributed by atoms with Crippen molar-refractivity contribution < 1.29 is 0 Å². The molecule has 5 aromatic rings. The molecular formula is C40H30N4. The van der Waals surface area contributed by atoms with E-state index in [0.29, 0.717) is 11.1 Å². The average Bonchev–Trinajstić information content (AvgIpc) is 3.04. The van der Waals surface area contributed by atoms with Crippen LogP contribution in [-0.4, -0.2) is 0 Å². The van der Waals surface area contributed by atoms with E-state index in [1.54, 1.807) is 0 Å². The Morgan fingerprint density at radius 3 is 1.59 bits per heavy atom. The van der Waals surface area contributed by atoms with E-state index >= 15 is 0 Å². The molecule has 8 rings (SSSR count). The van der Waals surface area contributed by atoms with Crippen molar-refractivity contribution in [3.05, 3.63) is 148 Å². The number of rotatable bonds is 3. The lowest BCUT2D eigenvalue weighted by molar-refractivity contribution is 0.596. The van der Waals surface area contributed by atoms with Crippen LogP contribution in [0.5, 0.6) is 0 Å². The Kier molecular flexibility index (Phi) is 5.17. The molecule has 0 spiro atoms. The van der Waals surface area contributed by atoms with Crippen molar-refractivity contribution >= 4 is 39.7 Å². The maximum absolute atomic E-state index is 9.49. The summed E-state index contributed by atoms with van der Waals surface area (Å²) in [6, 6.07) is 37.8. The van der Waals surface area contributed by atoms with Crippen molar-refractivity contribution in [2.24, 2.45) is 0 Å². The molecular weight excluding hydrogens is 536 g/mol. The molecule has 0 aromatic heterocycles. The van der Waals surface area contributed by atoms with Crippen LogP contribution in [0.3, 0.4) is 0 Å².